The van der Waals surface area contributed by atoms with Gasteiger partial charge in [0.25, 0.3) is 0 Å². The van der Waals surface area contributed by atoms with E-state index in [4.69, 9.17) is 9.15 Å². The maximum Gasteiger partial charge on any atom is 0.230 e. The van der Waals surface area contributed by atoms with Gasteiger partial charge < -0.3 is 14.3 Å². The normalized spacial score (nSPS) is 20.9. The van der Waals surface area contributed by atoms with E-state index >= 15 is 0 Å². The van der Waals surface area contributed by atoms with Crippen molar-refractivity contribution in [3.8, 4) is 23.2 Å². The predicted octanol–water partition coefficient (Wildman–Crippen LogP) is 4.83. The summed E-state index contributed by atoms with van der Waals surface area (Å²) in [7, 11) is 1.68. The van der Waals surface area contributed by atoms with Crippen LogP contribution in [0.25, 0.3) is 16.5 Å². The second kappa shape index (κ2) is 8.01. The van der Waals surface area contributed by atoms with Gasteiger partial charge in [0.05, 0.1) is 24.3 Å². The topological polar surface area (TPSA) is 76.0 Å². The van der Waals surface area contributed by atoms with Gasteiger partial charge >= 0.3 is 0 Å². The van der Waals surface area contributed by atoms with Crippen LogP contribution in [-0.2, 0) is 0 Å². The standard InChI is InChI=1S/C23H26N4O3S/c1-14-10-15(2)13-26(12-14)19(16-6-4-7-17(11-16)29-3)20-22(28)27-23(31-20)24-21(25-27)18-8-5-9-30-18/h4-9,11,14-15,19,28H,10,12-13H2,1-3H3/t14-,15+,19-/m0/s1. The van der Waals surface area contributed by atoms with Crippen molar-refractivity contribution in [1.82, 2.24) is 19.5 Å². The Hall–Kier alpha value is -2.84. The monoisotopic (exact) mass is 438 g/mol. The Labute approximate surface area is 184 Å². The van der Waals surface area contributed by atoms with Gasteiger partial charge in [-0.1, -0.05) is 37.3 Å². The molecule has 1 aliphatic heterocycles. The highest BCUT2D eigenvalue weighted by Crippen LogP contribution is 2.43. The lowest BCUT2D eigenvalue weighted by Gasteiger charge is -2.40. The third kappa shape index (κ3) is 3.70. The van der Waals surface area contributed by atoms with E-state index in [1.807, 2.05) is 18.2 Å². The number of methoxy groups -OCH3 is 1. The molecule has 3 atom stereocenters. The summed E-state index contributed by atoms with van der Waals surface area (Å²) in [5, 5.41) is 15.7. The zero-order valence-corrected chi connectivity index (χ0v) is 18.7. The van der Waals surface area contributed by atoms with E-state index in [9.17, 15) is 5.11 Å². The van der Waals surface area contributed by atoms with Crippen LogP contribution in [0.15, 0.2) is 47.1 Å². The van der Waals surface area contributed by atoms with Gasteiger partial charge in [0, 0.05) is 13.1 Å². The smallest absolute Gasteiger partial charge is 0.230 e. The van der Waals surface area contributed by atoms with Crippen molar-refractivity contribution < 1.29 is 14.3 Å². The maximum atomic E-state index is 11.2. The Balaban J connectivity index is 1.61. The van der Waals surface area contributed by atoms with Gasteiger partial charge in [-0.25, -0.2) is 0 Å². The quantitative estimate of drug-likeness (QED) is 0.481. The molecular formula is C23H26N4O3S. The summed E-state index contributed by atoms with van der Waals surface area (Å²) in [6.07, 6.45) is 2.81. The molecule has 4 aromatic rings. The number of furan rings is 1. The highest BCUT2D eigenvalue weighted by molar-refractivity contribution is 7.17. The number of fused-ring (bicyclic) bond motifs is 1. The summed E-state index contributed by atoms with van der Waals surface area (Å²) < 4.78 is 12.4. The van der Waals surface area contributed by atoms with Gasteiger partial charge in [0.15, 0.2) is 5.76 Å². The van der Waals surface area contributed by atoms with E-state index in [1.54, 1.807) is 19.4 Å². The van der Waals surface area contributed by atoms with Crippen molar-refractivity contribution in [1.29, 1.82) is 0 Å². The second-order valence-corrected chi connectivity index (χ2v) is 9.49. The van der Waals surface area contributed by atoms with Gasteiger partial charge in [-0.2, -0.15) is 9.50 Å². The van der Waals surface area contributed by atoms with E-state index in [1.165, 1.54) is 22.3 Å². The molecule has 7 nitrogen and oxygen atoms in total. The maximum absolute atomic E-state index is 11.2. The van der Waals surface area contributed by atoms with Gasteiger partial charge in [-0.05, 0) is 48.1 Å². The molecule has 31 heavy (non-hydrogen) atoms. The van der Waals surface area contributed by atoms with Crippen molar-refractivity contribution >= 4 is 16.3 Å². The number of aromatic nitrogens is 3. The molecule has 1 fully saturated rings. The Kier molecular flexibility index (Phi) is 5.19. The summed E-state index contributed by atoms with van der Waals surface area (Å²) in [5.41, 5.74) is 1.09. The van der Waals surface area contributed by atoms with E-state index < -0.39 is 0 Å². The third-order valence-electron chi connectivity index (χ3n) is 5.86. The predicted molar refractivity (Wildman–Crippen MR) is 120 cm³/mol. The molecule has 3 aromatic heterocycles. The molecule has 0 saturated carbocycles. The molecule has 0 amide bonds. The van der Waals surface area contributed by atoms with E-state index in [0.29, 0.717) is 28.4 Å². The first-order valence-corrected chi connectivity index (χ1v) is 11.4. The number of hydrogen-bond donors (Lipinski definition) is 1. The Bertz CT molecular complexity index is 1170. The summed E-state index contributed by atoms with van der Waals surface area (Å²) >= 11 is 1.47. The van der Waals surface area contributed by atoms with Crippen LogP contribution >= 0.6 is 11.3 Å². The Morgan fingerprint density at radius 2 is 2.00 bits per heavy atom. The summed E-state index contributed by atoms with van der Waals surface area (Å²) in [6.45, 7) is 6.53. The fourth-order valence-electron chi connectivity index (χ4n) is 4.70. The summed E-state index contributed by atoms with van der Waals surface area (Å²) in [5.74, 6) is 3.17. The number of likely N-dealkylation sites (tertiary alicyclic amines) is 1. The average Bonchev–Trinajstić information content (AvgIpc) is 3.47. The lowest BCUT2D eigenvalue weighted by Crippen LogP contribution is -2.41. The van der Waals surface area contributed by atoms with Crippen molar-refractivity contribution in [2.45, 2.75) is 26.3 Å². The number of thiazole rings is 1. The van der Waals surface area contributed by atoms with Crippen LogP contribution in [0.2, 0.25) is 0 Å². The third-order valence-corrected chi connectivity index (χ3v) is 6.93. The van der Waals surface area contributed by atoms with Gasteiger partial charge in [-0.3, -0.25) is 4.90 Å². The zero-order valence-electron chi connectivity index (χ0n) is 17.9. The second-order valence-electron chi connectivity index (χ2n) is 8.48. The van der Waals surface area contributed by atoms with Crippen LogP contribution in [0.3, 0.4) is 0 Å². The van der Waals surface area contributed by atoms with Crippen LogP contribution in [0.4, 0.5) is 0 Å². The molecule has 0 unspecified atom stereocenters. The molecule has 0 spiro atoms. The van der Waals surface area contributed by atoms with E-state index in [0.717, 1.165) is 29.3 Å². The molecule has 4 heterocycles. The van der Waals surface area contributed by atoms with Crippen LogP contribution < -0.4 is 4.74 Å². The minimum absolute atomic E-state index is 0.0964. The number of hydrogen-bond acceptors (Lipinski definition) is 7. The molecule has 0 radical (unpaired) electrons. The van der Waals surface area contributed by atoms with Gasteiger partial charge in [0.1, 0.15) is 5.75 Å². The zero-order chi connectivity index (χ0) is 21.5. The lowest BCUT2D eigenvalue weighted by atomic mass is 9.89. The fraction of sp³-hybridized carbons (Fsp3) is 0.391. The molecule has 162 valence electrons. The number of benzene rings is 1. The average molecular weight is 439 g/mol. The minimum Gasteiger partial charge on any atom is -0.497 e. The van der Waals surface area contributed by atoms with Crippen molar-refractivity contribution in [2.75, 3.05) is 20.2 Å². The van der Waals surface area contributed by atoms with Crippen LogP contribution in [-0.4, -0.2) is 44.8 Å². The van der Waals surface area contributed by atoms with Crippen LogP contribution in [0.5, 0.6) is 11.6 Å². The number of rotatable bonds is 5. The SMILES string of the molecule is COc1cccc([C@@H](c2sc3nc(-c4ccco4)nn3c2O)N2C[C@H](C)C[C@H](C)C2)c1. The molecule has 1 aromatic carbocycles. The first-order chi connectivity index (χ1) is 15.0. The highest BCUT2D eigenvalue weighted by atomic mass is 32.1. The molecule has 1 aliphatic rings. The Morgan fingerprint density at radius 3 is 2.68 bits per heavy atom. The van der Waals surface area contributed by atoms with Crippen LogP contribution in [0.1, 0.15) is 36.8 Å². The van der Waals surface area contributed by atoms with Gasteiger partial charge in [0.2, 0.25) is 16.7 Å². The van der Waals surface area contributed by atoms with Crippen molar-refractivity contribution in [2.24, 2.45) is 11.8 Å². The largest absolute Gasteiger partial charge is 0.497 e. The first kappa shape index (κ1) is 20.1. The number of ether oxygens (including phenoxy) is 1. The molecular weight excluding hydrogens is 412 g/mol. The lowest BCUT2D eigenvalue weighted by molar-refractivity contribution is 0.111. The molecule has 1 saturated heterocycles. The van der Waals surface area contributed by atoms with Crippen molar-refractivity contribution in [3.63, 3.8) is 0 Å². The molecule has 1 N–H and O–H groups in total. The van der Waals surface area contributed by atoms with Gasteiger partial charge in [-0.15, -0.1) is 5.10 Å². The summed E-state index contributed by atoms with van der Waals surface area (Å²) in [6, 6.07) is 11.6. The fourth-order valence-corrected chi connectivity index (χ4v) is 5.82. The van der Waals surface area contributed by atoms with E-state index in [-0.39, 0.29) is 11.9 Å². The van der Waals surface area contributed by atoms with Crippen molar-refractivity contribution in [3.05, 3.63) is 53.1 Å². The molecule has 0 aliphatic carbocycles. The number of nitrogens with zero attached hydrogens (tertiary/aromatic N) is 4. The van der Waals surface area contributed by atoms with E-state index in [2.05, 4.69) is 41.0 Å². The molecule has 5 rings (SSSR count). The highest BCUT2D eigenvalue weighted by Gasteiger charge is 2.34. The van der Waals surface area contributed by atoms with Crippen LogP contribution in [0, 0.1) is 11.8 Å². The summed E-state index contributed by atoms with van der Waals surface area (Å²) in [4.78, 5) is 8.55. The first-order valence-electron chi connectivity index (χ1n) is 10.5. The Morgan fingerprint density at radius 1 is 1.19 bits per heavy atom. The molecule has 0 bridgehead atoms. The number of aromatic hydroxyl groups is 1. The number of piperidine rings is 1. The minimum atomic E-state index is -0.0964. The molecule has 8 heteroatoms.